The largest absolute Gasteiger partial charge is 0.326 e. The van der Waals surface area contributed by atoms with Gasteiger partial charge < -0.3 is 5.32 Å². The fourth-order valence-electron chi connectivity index (χ4n) is 3.08. The summed E-state index contributed by atoms with van der Waals surface area (Å²) in [5, 5.41) is 2.92. The minimum Gasteiger partial charge on any atom is -0.326 e. The lowest BCUT2D eigenvalue weighted by Crippen LogP contribution is -2.29. The van der Waals surface area contributed by atoms with Gasteiger partial charge in [0, 0.05) is 18.7 Å². The van der Waals surface area contributed by atoms with E-state index in [9.17, 15) is 9.59 Å². The first-order valence-corrected chi connectivity index (χ1v) is 11.0. The second-order valence-corrected chi connectivity index (χ2v) is 8.77. The molecule has 0 atom stereocenters. The first kappa shape index (κ1) is 22.0. The predicted octanol–water partition coefficient (Wildman–Crippen LogP) is 5.56. The Labute approximate surface area is 187 Å². The third-order valence-electron chi connectivity index (χ3n) is 4.63. The van der Waals surface area contributed by atoms with Gasteiger partial charge in [-0.3, -0.25) is 14.5 Å². The van der Waals surface area contributed by atoms with Crippen molar-refractivity contribution in [3.05, 3.63) is 82.3 Å². The highest BCUT2D eigenvalue weighted by molar-refractivity contribution is 8.26. The van der Waals surface area contributed by atoms with E-state index in [-0.39, 0.29) is 11.8 Å². The Morgan fingerprint density at radius 1 is 1.13 bits per heavy atom. The minimum absolute atomic E-state index is 0.0630. The first-order chi connectivity index (χ1) is 14.4. The Kier molecular flexibility index (Phi) is 7.60. The molecule has 4 nitrogen and oxygen atoms in total. The minimum atomic E-state index is -0.0925. The SMILES string of the molecule is CC(=Cc1ccccc1)C=C1SC(=S)N(CCCC(=O)Nc2ccccc2C)C1=O. The summed E-state index contributed by atoms with van der Waals surface area (Å²) < 4.78 is 0.540. The van der Waals surface area contributed by atoms with Gasteiger partial charge in [0.15, 0.2) is 0 Å². The molecule has 2 amide bonds. The van der Waals surface area contributed by atoms with Crippen LogP contribution in [0, 0.1) is 6.92 Å². The Balaban J connectivity index is 1.54. The van der Waals surface area contributed by atoms with Crippen molar-refractivity contribution < 1.29 is 9.59 Å². The number of anilines is 1. The average Bonchev–Trinajstić information content (AvgIpc) is 2.97. The predicted molar refractivity (Wildman–Crippen MR) is 129 cm³/mol. The second kappa shape index (κ2) is 10.4. The van der Waals surface area contributed by atoms with E-state index in [1.807, 2.05) is 80.6 Å². The summed E-state index contributed by atoms with van der Waals surface area (Å²) in [6.45, 7) is 4.36. The van der Waals surface area contributed by atoms with E-state index in [2.05, 4.69) is 5.32 Å². The zero-order valence-corrected chi connectivity index (χ0v) is 18.7. The third kappa shape index (κ3) is 5.90. The molecule has 1 N–H and O–H groups in total. The molecule has 0 aliphatic carbocycles. The molecule has 3 rings (SSSR count). The van der Waals surface area contributed by atoms with E-state index in [4.69, 9.17) is 12.2 Å². The van der Waals surface area contributed by atoms with Gasteiger partial charge in [-0.2, -0.15) is 0 Å². The van der Waals surface area contributed by atoms with Crippen LogP contribution in [0.2, 0.25) is 0 Å². The first-order valence-electron chi connectivity index (χ1n) is 9.78. The van der Waals surface area contributed by atoms with E-state index in [0.717, 1.165) is 22.4 Å². The third-order valence-corrected chi connectivity index (χ3v) is 6.01. The number of amides is 2. The molecular weight excluding hydrogens is 412 g/mol. The Morgan fingerprint density at radius 2 is 1.83 bits per heavy atom. The van der Waals surface area contributed by atoms with E-state index in [0.29, 0.717) is 28.6 Å². The average molecular weight is 437 g/mol. The van der Waals surface area contributed by atoms with Gasteiger partial charge >= 0.3 is 0 Å². The number of rotatable bonds is 7. The highest BCUT2D eigenvalue weighted by atomic mass is 32.2. The normalized spacial score (nSPS) is 15.7. The molecule has 2 aromatic carbocycles. The quantitative estimate of drug-likeness (QED) is 0.456. The smallest absolute Gasteiger partial charge is 0.266 e. The van der Waals surface area contributed by atoms with E-state index in [1.165, 1.54) is 11.8 Å². The number of thioether (sulfide) groups is 1. The molecule has 0 aromatic heterocycles. The molecule has 0 radical (unpaired) electrons. The molecule has 0 spiro atoms. The molecule has 1 heterocycles. The Bertz CT molecular complexity index is 1010. The van der Waals surface area contributed by atoms with Gasteiger partial charge in [-0.1, -0.05) is 78.6 Å². The van der Waals surface area contributed by atoms with Crippen molar-refractivity contribution in [1.82, 2.24) is 4.90 Å². The number of nitrogens with zero attached hydrogens (tertiary/aromatic N) is 1. The van der Waals surface area contributed by atoms with Gasteiger partial charge in [0.1, 0.15) is 4.32 Å². The molecule has 0 unspecified atom stereocenters. The van der Waals surface area contributed by atoms with Crippen LogP contribution in [-0.4, -0.2) is 27.6 Å². The number of hydrogen-bond donors (Lipinski definition) is 1. The highest BCUT2D eigenvalue weighted by Crippen LogP contribution is 2.32. The molecule has 0 bridgehead atoms. The molecule has 1 saturated heterocycles. The molecule has 154 valence electrons. The van der Waals surface area contributed by atoms with Crippen LogP contribution in [0.4, 0.5) is 5.69 Å². The van der Waals surface area contributed by atoms with Crippen molar-refractivity contribution in [1.29, 1.82) is 0 Å². The number of carbonyl (C=O) groups is 2. The fourth-order valence-corrected chi connectivity index (χ4v) is 4.44. The van der Waals surface area contributed by atoms with Crippen LogP contribution in [-0.2, 0) is 9.59 Å². The molecular formula is C24H24N2O2S2. The number of benzene rings is 2. The van der Waals surface area contributed by atoms with Crippen LogP contribution in [0.3, 0.4) is 0 Å². The maximum Gasteiger partial charge on any atom is 0.266 e. The second-order valence-electron chi connectivity index (χ2n) is 7.10. The van der Waals surface area contributed by atoms with Gasteiger partial charge in [-0.15, -0.1) is 0 Å². The van der Waals surface area contributed by atoms with Crippen LogP contribution in [0.1, 0.15) is 30.9 Å². The molecule has 0 saturated carbocycles. The van der Waals surface area contributed by atoms with Crippen LogP contribution in [0.5, 0.6) is 0 Å². The summed E-state index contributed by atoms with van der Waals surface area (Å²) >= 11 is 6.70. The van der Waals surface area contributed by atoms with Crippen LogP contribution >= 0.6 is 24.0 Å². The zero-order chi connectivity index (χ0) is 21.5. The van der Waals surface area contributed by atoms with Crippen molar-refractivity contribution in [2.45, 2.75) is 26.7 Å². The number of hydrogen-bond acceptors (Lipinski definition) is 4. The van der Waals surface area contributed by atoms with Gasteiger partial charge in [0.25, 0.3) is 5.91 Å². The summed E-state index contributed by atoms with van der Waals surface area (Å²) in [4.78, 5) is 27.2. The van der Waals surface area contributed by atoms with Gasteiger partial charge in [0.2, 0.25) is 5.91 Å². The van der Waals surface area contributed by atoms with Crippen LogP contribution < -0.4 is 5.32 Å². The summed E-state index contributed by atoms with van der Waals surface area (Å²) in [5.74, 6) is -0.156. The maximum atomic E-state index is 12.7. The molecule has 1 aliphatic rings. The molecule has 6 heteroatoms. The highest BCUT2D eigenvalue weighted by Gasteiger charge is 2.31. The van der Waals surface area contributed by atoms with Crippen molar-refractivity contribution in [2.24, 2.45) is 0 Å². The zero-order valence-electron chi connectivity index (χ0n) is 17.1. The van der Waals surface area contributed by atoms with E-state index < -0.39 is 0 Å². The van der Waals surface area contributed by atoms with Gasteiger partial charge in [-0.05, 0) is 49.1 Å². The van der Waals surface area contributed by atoms with Crippen molar-refractivity contribution in [3.8, 4) is 0 Å². The summed E-state index contributed by atoms with van der Waals surface area (Å²) in [5.41, 5.74) is 3.91. The number of nitrogens with one attached hydrogen (secondary N) is 1. The fraction of sp³-hybridized carbons (Fsp3) is 0.208. The van der Waals surface area contributed by atoms with E-state index in [1.54, 1.807) is 4.90 Å². The van der Waals surface area contributed by atoms with Crippen molar-refractivity contribution in [3.63, 3.8) is 0 Å². The van der Waals surface area contributed by atoms with Crippen LogP contribution in [0.25, 0.3) is 6.08 Å². The van der Waals surface area contributed by atoms with Gasteiger partial charge in [-0.25, -0.2) is 0 Å². The lowest BCUT2D eigenvalue weighted by Gasteiger charge is -2.14. The molecule has 1 aliphatic heterocycles. The Morgan fingerprint density at radius 3 is 2.57 bits per heavy atom. The molecule has 2 aromatic rings. The lowest BCUT2D eigenvalue weighted by molar-refractivity contribution is -0.122. The summed E-state index contributed by atoms with van der Waals surface area (Å²) in [6, 6.07) is 17.6. The van der Waals surface area contributed by atoms with Gasteiger partial charge in [0.05, 0.1) is 4.91 Å². The summed E-state index contributed by atoms with van der Waals surface area (Å²) in [6.07, 6.45) is 4.79. The van der Waals surface area contributed by atoms with Crippen molar-refractivity contribution in [2.75, 3.05) is 11.9 Å². The number of para-hydroxylation sites is 1. The molecule has 1 fully saturated rings. The maximum absolute atomic E-state index is 12.7. The lowest BCUT2D eigenvalue weighted by atomic mass is 10.1. The number of allylic oxidation sites excluding steroid dienone is 2. The topological polar surface area (TPSA) is 49.4 Å². The molecule has 30 heavy (non-hydrogen) atoms. The summed E-state index contributed by atoms with van der Waals surface area (Å²) in [7, 11) is 0. The monoisotopic (exact) mass is 436 g/mol. The number of aryl methyl sites for hydroxylation is 1. The van der Waals surface area contributed by atoms with Crippen LogP contribution in [0.15, 0.2) is 71.2 Å². The number of thiocarbonyl (C=S) groups is 1. The standard InChI is InChI=1S/C24H24N2O2S2/c1-17(15-19-10-4-3-5-11-19)16-21-23(28)26(24(29)30-21)14-8-13-22(27)25-20-12-7-6-9-18(20)2/h3-7,9-12,15-16H,8,13-14H2,1-2H3,(H,25,27). The van der Waals surface area contributed by atoms with Crippen molar-refractivity contribution >= 4 is 51.9 Å². The Hall–Kier alpha value is -2.70. The van der Waals surface area contributed by atoms with E-state index >= 15 is 0 Å². The number of carbonyl (C=O) groups excluding carboxylic acids is 2.